The normalized spacial score (nSPS) is 15.7. The minimum absolute atomic E-state index is 0.0320. The van der Waals surface area contributed by atoms with Crippen molar-refractivity contribution >= 4 is 6.03 Å². The molecule has 0 aliphatic heterocycles. The number of amides is 2. The Bertz CT molecular complexity index is 681. The van der Waals surface area contributed by atoms with Gasteiger partial charge in [-0.05, 0) is 29.5 Å². The lowest BCUT2D eigenvalue weighted by molar-refractivity contribution is 0.196. The van der Waals surface area contributed by atoms with Gasteiger partial charge in [-0.3, -0.25) is 0 Å². The average molecular weight is 306 g/mol. The zero-order valence-electron chi connectivity index (χ0n) is 13.2. The monoisotopic (exact) mass is 306 g/mol. The maximum absolute atomic E-state index is 12.7. The first-order valence-corrected chi connectivity index (χ1v) is 8.06. The second-order valence-electron chi connectivity index (χ2n) is 5.89. The molecule has 0 radical (unpaired) electrons. The molecule has 0 aromatic heterocycles. The van der Waals surface area contributed by atoms with Crippen LogP contribution in [-0.2, 0) is 13.0 Å². The molecule has 1 N–H and O–H groups in total. The molecule has 118 valence electrons. The fraction of sp³-hybridized carbons (Fsp3) is 0.250. The number of benzene rings is 2. The van der Waals surface area contributed by atoms with Crippen LogP contribution < -0.4 is 5.32 Å². The Kier molecular flexibility index (Phi) is 4.77. The fourth-order valence-corrected chi connectivity index (χ4v) is 3.13. The van der Waals surface area contributed by atoms with Crippen LogP contribution in [0.15, 0.2) is 67.3 Å². The van der Waals surface area contributed by atoms with Crippen LogP contribution in [0.3, 0.4) is 0 Å². The quantitative estimate of drug-likeness (QED) is 0.830. The van der Waals surface area contributed by atoms with E-state index in [9.17, 15) is 4.79 Å². The molecule has 0 spiro atoms. The highest BCUT2D eigenvalue weighted by Gasteiger charge is 2.25. The predicted molar refractivity (Wildman–Crippen MR) is 93.1 cm³/mol. The molecule has 2 amide bonds. The summed E-state index contributed by atoms with van der Waals surface area (Å²) >= 11 is 0. The van der Waals surface area contributed by atoms with E-state index in [1.165, 1.54) is 11.1 Å². The van der Waals surface area contributed by atoms with E-state index in [1.54, 1.807) is 11.0 Å². The van der Waals surface area contributed by atoms with E-state index in [-0.39, 0.29) is 12.1 Å². The summed E-state index contributed by atoms with van der Waals surface area (Å²) in [5.74, 6) is 0. The van der Waals surface area contributed by atoms with Gasteiger partial charge < -0.3 is 10.2 Å². The van der Waals surface area contributed by atoms with Crippen LogP contribution in [0.2, 0.25) is 0 Å². The summed E-state index contributed by atoms with van der Waals surface area (Å²) in [6.07, 6.45) is 3.77. The SMILES string of the molecule is C=CCN(Cc1ccccc1)C(=O)NC1CCc2ccccc21. The van der Waals surface area contributed by atoms with Crippen molar-refractivity contribution in [3.05, 3.63) is 83.9 Å². The molecule has 1 atom stereocenters. The smallest absolute Gasteiger partial charge is 0.318 e. The van der Waals surface area contributed by atoms with Crippen LogP contribution in [0, 0.1) is 0 Å². The van der Waals surface area contributed by atoms with Crippen LogP contribution in [0.4, 0.5) is 4.79 Å². The van der Waals surface area contributed by atoms with Crippen molar-refractivity contribution in [2.45, 2.75) is 25.4 Å². The average Bonchev–Trinajstić information content (AvgIpc) is 2.99. The van der Waals surface area contributed by atoms with Gasteiger partial charge in [-0.25, -0.2) is 4.79 Å². The highest BCUT2D eigenvalue weighted by atomic mass is 16.2. The molecule has 2 aromatic rings. The first kappa shape index (κ1) is 15.3. The van der Waals surface area contributed by atoms with Gasteiger partial charge >= 0.3 is 6.03 Å². The maximum atomic E-state index is 12.7. The van der Waals surface area contributed by atoms with Crippen LogP contribution in [0.1, 0.15) is 29.2 Å². The van der Waals surface area contributed by atoms with Crippen molar-refractivity contribution in [3.8, 4) is 0 Å². The zero-order valence-corrected chi connectivity index (χ0v) is 13.2. The van der Waals surface area contributed by atoms with Gasteiger partial charge in [-0.2, -0.15) is 0 Å². The molecular formula is C20H22N2O. The summed E-state index contributed by atoms with van der Waals surface area (Å²) in [5.41, 5.74) is 3.71. The number of nitrogens with one attached hydrogen (secondary N) is 1. The van der Waals surface area contributed by atoms with Crippen molar-refractivity contribution in [3.63, 3.8) is 0 Å². The Hall–Kier alpha value is -2.55. The predicted octanol–water partition coefficient (Wildman–Crippen LogP) is 4.07. The zero-order chi connectivity index (χ0) is 16.1. The van der Waals surface area contributed by atoms with E-state index < -0.39 is 0 Å². The second-order valence-corrected chi connectivity index (χ2v) is 5.89. The van der Waals surface area contributed by atoms with E-state index in [2.05, 4.69) is 30.1 Å². The standard InChI is InChI=1S/C20H22N2O/c1-2-14-22(15-16-8-4-3-5-9-16)20(23)21-19-13-12-17-10-6-7-11-18(17)19/h2-11,19H,1,12-15H2,(H,21,23). The minimum Gasteiger partial charge on any atom is -0.331 e. The molecule has 3 nitrogen and oxygen atoms in total. The van der Waals surface area contributed by atoms with Gasteiger partial charge in [-0.1, -0.05) is 60.7 Å². The summed E-state index contributed by atoms with van der Waals surface area (Å²) in [7, 11) is 0. The first-order chi connectivity index (χ1) is 11.3. The number of nitrogens with zero attached hydrogens (tertiary/aromatic N) is 1. The van der Waals surface area contributed by atoms with Gasteiger partial charge in [0.05, 0.1) is 6.04 Å². The van der Waals surface area contributed by atoms with Crippen LogP contribution in [0.5, 0.6) is 0 Å². The number of carbonyl (C=O) groups is 1. The van der Waals surface area contributed by atoms with E-state index in [0.717, 1.165) is 18.4 Å². The summed E-state index contributed by atoms with van der Waals surface area (Å²) in [5, 5.41) is 3.18. The van der Waals surface area contributed by atoms with Crippen LogP contribution in [0.25, 0.3) is 0 Å². The van der Waals surface area contributed by atoms with Crippen molar-refractivity contribution in [1.29, 1.82) is 0 Å². The number of urea groups is 1. The fourth-order valence-electron chi connectivity index (χ4n) is 3.13. The molecule has 3 rings (SSSR count). The van der Waals surface area contributed by atoms with Gasteiger partial charge in [0.25, 0.3) is 0 Å². The molecule has 2 aromatic carbocycles. The lowest BCUT2D eigenvalue weighted by Crippen LogP contribution is -2.40. The van der Waals surface area contributed by atoms with Gasteiger partial charge in [-0.15, -0.1) is 6.58 Å². The molecule has 0 heterocycles. The number of hydrogen-bond donors (Lipinski definition) is 1. The topological polar surface area (TPSA) is 32.3 Å². The molecule has 23 heavy (non-hydrogen) atoms. The number of rotatable bonds is 5. The second kappa shape index (κ2) is 7.14. The Morgan fingerprint density at radius 1 is 1.17 bits per heavy atom. The molecule has 1 unspecified atom stereocenters. The Balaban J connectivity index is 1.68. The third kappa shape index (κ3) is 3.62. The lowest BCUT2D eigenvalue weighted by atomic mass is 10.1. The number of aryl methyl sites for hydroxylation is 1. The van der Waals surface area contributed by atoms with Gasteiger partial charge in [0.2, 0.25) is 0 Å². The molecular weight excluding hydrogens is 284 g/mol. The van der Waals surface area contributed by atoms with Crippen LogP contribution >= 0.6 is 0 Å². The number of carbonyl (C=O) groups excluding carboxylic acids is 1. The summed E-state index contributed by atoms with van der Waals surface area (Å²) in [6, 6.07) is 18.5. The van der Waals surface area contributed by atoms with Crippen molar-refractivity contribution < 1.29 is 4.79 Å². The first-order valence-electron chi connectivity index (χ1n) is 8.06. The summed E-state index contributed by atoms with van der Waals surface area (Å²) in [4.78, 5) is 14.5. The van der Waals surface area contributed by atoms with Gasteiger partial charge in [0.1, 0.15) is 0 Å². The molecule has 3 heteroatoms. The maximum Gasteiger partial charge on any atom is 0.318 e. The minimum atomic E-state index is -0.0320. The third-order valence-corrected chi connectivity index (χ3v) is 4.28. The third-order valence-electron chi connectivity index (χ3n) is 4.28. The van der Waals surface area contributed by atoms with Crippen molar-refractivity contribution in [2.24, 2.45) is 0 Å². The Morgan fingerprint density at radius 2 is 1.91 bits per heavy atom. The Labute approximate surface area is 137 Å². The number of fused-ring (bicyclic) bond motifs is 1. The van der Waals surface area contributed by atoms with Crippen LogP contribution in [-0.4, -0.2) is 17.5 Å². The van der Waals surface area contributed by atoms with Crippen molar-refractivity contribution in [1.82, 2.24) is 10.2 Å². The summed E-state index contributed by atoms with van der Waals surface area (Å²) < 4.78 is 0. The largest absolute Gasteiger partial charge is 0.331 e. The van der Waals surface area contributed by atoms with E-state index >= 15 is 0 Å². The highest BCUT2D eigenvalue weighted by Crippen LogP contribution is 2.30. The molecule has 1 aliphatic carbocycles. The molecule has 0 bridgehead atoms. The molecule has 1 aliphatic rings. The number of hydrogen-bond acceptors (Lipinski definition) is 1. The van der Waals surface area contributed by atoms with E-state index in [1.807, 2.05) is 36.4 Å². The molecule has 0 saturated carbocycles. The van der Waals surface area contributed by atoms with Gasteiger partial charge in [0, 0.05) is 13.1 Å². The van der Waals surface area contributed by atoms with Gasteiger partial charge in [0.15, 0.2) is 0 Å². The molecule has 0 fully saturated rings. The van der Waals surface area contributed by atoms with E-state index in [0.29, 0.717) is 13.1 Å². The molecule has 0 saturated heterocycles. The summed E-state index contributed by atoms with van der Waals surface area (Å²) in [6.45, 7) is 4.90. The van der Waals surface area contributed by atoms with Crippen molar-refractivity contribution in [2.75, 3.05) is 6.54 Å². The van der Waals surface area contributed by atoms with E-state index in [4.69, 9.17) is 0 Å². The highest BCUT2D eigenvalue weighted by molar-refractivity contribution is 5.75. The Morgan fingerprint density at radius 3 is 2.70 bits per heavy atom. The lowest BCUT2D eigenvalue weighted by Gasteiger charge is -2.24.